The zero-order valence-electron chi connectivity index (χ0n) is 41.1. The van der Waals surface area contributed by atoms with Crippen molar-refractivity contribution in [2.75, 3.05) is 13.2 Å². The number of carbonyl (C=O) groups is 3. The molecule has 0 aromatic carbocycles. The summed E-state index contributed by atoms with van der Waals surface area (Å²) >= 11 is 0. The van der Waals surface area contributed by atoms with E-state index in [1.54, 1.807) is 0 Å². The van der Waals surface area contributed by atoms with Crippen molar-refractivity contribution in [2.24, 2.45) is 0 Å². The molecule has 62 heavy (non-hydrogen) atoms. The van der Waals surface area contributed by atoms with Crippen LogP contribution in [0.25, 0.3) is 0 Å². The average molecular weight is 869 g/mol. The Bertz CT molecular complexity index is 1090. The van der Waals surface area contributed by atoms with Crippen molar-refractivity contribution >= 4 is 17.9 Å². The van der Waals surface area contributed by atoms with Gasteiger partial charge in [0.15, 0.2) is 6.10 Å². The zero-order valence-corrected chi connectivity index (χ0v) is 41.1. The molecule has 0 rings (SSSR count). The smallest absolute Gasteiger partial charge is 0.306 e. The number of carbonyl (C=O) groups excluding carboxylic acids is 3. The predicted molar refractivity (Wildman–Crippen MR) is 265 cm³/mol. The van der Waals surface area contributed by atoms with Crippen LogP contribution in [0.5, 0.6) is 0 Å². The van der Waals surface area contributed by atoms with E-state index in [0.29, 0.717) is 19.3 Å². The molecule has 360 valence electrons. The van der Waals surface area contributed by atoms with Gasteiger partial charge in [-0.2, -0.15) is 0 Å². The van der Waals surface area contributed by atoms with E-state index in [0.717, 1.165) is 89.9 Å². The van der Waals surface area contributed by atoms with E-state index in [4.69, 9.17) is 14.2 Å². The fraction of sp³-hybridized carbons (Fsp3) is 0.804. The Balaban J connectivity index is 4.18. The second-order valence-electron chi connectivity index (χ2n) is 17.8. The fourth-order valence-corrected chi connectivity index (χ4v) is 7.61. The minimum Gasteiger partial charge on any atom is -0.462 e. The Kier molecular flexibility index (Phi) is 48.8. The first kappa shape index (κ1) is 59.4. The first-order valence-electron chi connectivity index (χ1n) is 26.6. The molecule has 0 aliphatic heterocycles. The molecule has 0 spiro atoms. The number of allylic oxidation sites excluding steroid dienone is 8. The Morgan fingerprint density at radius 3 is 0.984 bits per heavy atom. The summed E-state index contributed by atoms with van der Waals surface area (Å²) in [6.07, 6.45) is 61.2. The molecule has 0 saturated carbocycles. The highest BCUT2D eigenvalue weighted by Gasteiger charge is 2.19. The van der Waals surface area contributed by atoms with Crippen molar-refractivity contribution < 1.29 is 28.6 Å². The molecule has 0 heterocycles. The van der Waals surface area contributed by atoms with Crippen LogP contribution in [0.1, 0.15) is 271 Å². The van der Waals surface area contributed by atoms with Crippen molar-refractivity contribution in [3.05, 3.63) is 48.6 Å². The summed E-state index contributed by atoms with van der Waals surface area (Å²) in [5.41, 5.74) is 0. The summed E-state index contributed by atoms with van der Waals surface area (Å²) in [6, 6.07) is 0. The van der Waals surface area contributed by atoms with E-state index < -0.39 is 6.10 Å². The second kappa shape index (κ2) is 51.0. The second-order valence-corrected chi connectivity index (χ2v) is 17.8. The SMILES string of the molecule is CC/C=C\C/C=C\C/C=C\C/C=C\CCCCCCCCCCC(=O)OCC(COC(=O)CCCCCCCC)OC(=O)CCCCCCCCCCCCCCCCCCC. The highest BCUT2D eigenvalue weighted by molar-refractivity contribution is 5.71. The van der Waals surface area contributed by atoms with Gasteiger partial charge < -0.3 is 14.2 Å². The van der Waals surface area contributed by atoms with Gasteiger partial charge in [-0.15, -0.1) is 0 Å². The first-order valence-corrected chi connectivity index (χ1v) is 26.6. The maximum absolute atomic E-state index is 12.8. The number of esters is 3. The molecule has 1 atom stereocenters. The van der Waals surface area contributed by atoms with Crippen LogP contribution in [0.2, 0.25) is 0 Å². The van der Waals surface area contributed by atoms with Gasteiger partial charge in [0.2, 0.25) is 0 Å². The van der Waals surface area contributed by atoms with Crippen molar-refractivity contribution in [3.8, 4) is 0 Å². The normalized spacial score (nSPS) is 12.4. The lowest BCUT2D eigenvalue weighted by molar-refractivity contribution is -0.167. The average Bonchev–Trinajstić information content (AvgIpc) is 3.27. The maximum atomic E-state index is 12.8. The van der Waals surface area contributed by atoms with Crippen LogP contribution in [0.3, 0.4) is 0 Å². The standard InChI is InChI=1S/C56H100O6/c1-4-7-10-13-16-18-20-22-24-26-27-28-29-31-32-34-36-38-40-43-46-49-55(58)61-52-53(51-60-54(57)48-45-42-15-12-9-6-3)62-56(59)50-47-44-41-39-37-35-33-30-25-23-21-19-17-14-11-8-5-2/h7,10,16,18,22,24,27-28,53H,4-6,8-9,11-15,17,19-21,23,25-26,29-52H2,1-3H3/b10-7-,18-16-,24-22-,28-27-. The third-order valence-electron chi connectivity index (χ3n) is 11.6. The number of rotatable bonds is 48. The van der Waals surface area contributed by atoms with Crippen LogP contribution in [0.15, 0.2) is 48.6 Å². The molecule has 0 N–H and O–H groups in total. The number of unbranched alkanes of at least 4 members (excludes halogenated alkanes) is 29. The molecule has 0 aromatic rings. The number of hydrogen-bond donors (Lipinski definition) is 0. The Labute approximate surface area is 384 Å². The zero-order chi connectivity index (χ0) is 45.1. The van der Waals surface area contributed by atoms with E-state index in [-0.39, 0.29) is 31.1 Å². The van der Waals surface area contributed by atoms with Gasteiger partial charge in [-0.3, -0.25) is 14.4 Å². The summed E-state index contributed by atoms with van der Waals surface area (Å²) in [5, 5.41) is 0. The molecule has 0 aromatic heterocycles. The minimum atomic E-state index is -0.770. The summed E-state index contributed by atoms with van der Waals surface area (Å²) in [4.78, 5) is 37.8. The highest BCUT2D eigenvalue weighted by Crippen LogP contribution is 2.16. The minimum absolute atomic E-state index is 0.0732. The van der Waals surface area contributed by atoms with Crippen molar-refractivity contribution in [1.82, 2.24) is 0 Å². The van der Waals surface area contributed by atoms with E-state index in [1.165, 1.54) is 141 Å². The number of hydrogen-bond acceptors (Lipinski definition) is 6. The molecule has 0 radical (unpaired) electrons. The molecule has 0 saturated heterocycles. The molecule has 0 fully saturated rings. The third-order valence-corrected chi connectivity index (χ3v) is 11.6. The van der Waals surface area contributed by atoms with Gasteiger partial charge in [-0.05, 0) is 57.8 Å². The van der Waals surface area contributed by atoms with Crippen LogP contribution < -0.4 is 0 Å². The van der Waals surface area contributed by atoms with Gasteiger partial charge in [-0.25, -0.2) is 0 Å². The van der Waals surface area contributed by atoms with E-state index in [9.17, 15) is 14.4 Å². The molecule has 0 aliphatic carbocycles. The highest BCUT2D eigenvalue weighted by atomic mass is 16.6. The van der Waals surface area contributed by atoms with Crippen molar-refractivity contribution in [2.45, 2.75) is 277 Å². The number of ether oxygens (including phenoxy) is 3. The molecule has 0 amide bonds. The van der Waals surface area contributed by atoms with Crippen LogP contribution >= 0.6 is 0 Å². The molecule has 1 unspecified atom stereocenters. The van der Waals surface area contributed by atoms with Gasteiger partial charge in [0.1, 0.15) is 13.2 Å². The first-order chi connectivity index (χ1) is 30.5. The molecule has 6 nitrogen and oxygen atoms in total. The van der Waals surface area contributed by atoms with Gasteiger partial charge >= 0.3 is 17.9 Å². The molecule has 6 heteroatoms. The lowest BCUT2D eigenvalue weighted by atomic mass is 10.0. The molecule has 0 aliphatic rings. The van der Waals surface area contributed by atoms with E-state index in [1.807, 2.05) is 0 Å². The summed E-state index contributed by atoms with van der Waals surface area (Å²) in [7, 11) is 0. The predicted octanol–water partition coefficient (Wildman–Crippen LogP) is 17.5. The van der Waals surface area contributed by atoms with Gasteiger partial charge in [0.25, 0.3) is 0 Å². The third kappa shape index (κ3) is 48.4. The quantitative estimate of drug-likeness (QED) is 0.0262. The lowest BCUT2D eigenvalue weighted by Gasteiger charge is -2.18. The Hall–Kier alpha value is -2.63. The van der Waals surface area contributed by atoms with E-state index in [2.05, 4.69) is 69.4 Å². The summed E-state index contributed by atoms with van der Waals surface area (Å²) in [5.74, 6) is -0.880. The van der Waals surface area contributed by atoms with E-state index >= 15 is 0 Å². The fourth-order valence-electron chi connectivity index (χ4n) is 7.61. The Morgan fingerprint density at radius 1 is 0.339 bits per heavy atom. The van der Waals surface area contributed by atoms with Gasteiger partial charge in [0.05, 0.1) is 0 Å². The lowest BCUT2D eigenvalue weighted by Crippen LogP contribution is -2.30. The summed E-state index contributed by atoms with van der Waals surface area (Å²) < 4.78 is 16.7. The van der Waals surface area contributed by atoms with Crippen LogP contribution in [-0.4, -0.2) is 37.2 Å². The topological polar surface area (TPSA) is 78.9 Å². The Morgan fingerprint density at radius 2 is 0.629 bits per heavy atom. The monoisotopic (exact) mass is 869 g/mol. The van der Waals surface area contributed by atoms with Crippen molar-refractivity contribution in [1.29, 1.82) is 0 Å². The van der Waals surface area contributed by atoms with Crippen molar-refractivity contribution in [3.63, 3.8) is 0 Å². The van der Waals surface area contributed by atoms with Crippen LogP contribution in [0, 0.1) is 0 Å². The molecule has 0 bridgehead atoms. The molecular weight excluding hydrogens is 769 g/mol. The van der Waals surface area contributed by atoms with Gasteiger partial charge in [-0.1, -0.05) is 243 Å². The summed E-state index contributed by atoms with van der Waals surface area (Å²) in [6.45, 7) is 6.48. The van der Waals surface area contributed by atoms with Crippen LogP contribution in [0.4, 0.5) is 0 Å². The van der Waals surface area contributed by atoms with Crippen LogP contribution in [-0.2, 0) is 28.6 Å². The maximum Gasteiger partial charge on any atom is 0.306 e. The molecular formula is C56H100O6. The van der Waals surface area contributed by atoms with Gasteiger partial charge in [0, 0.05) is 19.3 Å². The largest absolute Gasteiger partial charge is 0.462 e.